The Morgan fingerprint density at radius 3 is 2.24 bits per heavy atom. The fourth-order valence-electron chi connectivity index (χ4n) is 1.93. The normalized spacial score (nSPS) is 10.3. The second kappa shape index (κ2) is 6.83. The van der Waals surface area contributed by atoms with Crippen LogP contribution < -0.4 is 4.90 Å². The van der Waals surface area contributed by atoms with Gasteiger partial charge in [0.2, 0.25) is 0 Å². The molecule has 0 aliphatic rings. The third-order valence-corrected chi connectivity index (χ3v) is 3.75. The Bertz CT molecular complexity index is 629. The van der Waals surface area contributed by atoms with Crippen molar-refractivity contribution in [1.29, 1.82) is 0 Å². The molecule has 0 unspecified atom stereocenters. The summed E-state index contributed by atoms with van der Waals surface area (Å²) in [5, 5.41) is 0.899. The highest BCUT2D eigenvalue weighted by Crippen LogP contribution is 2.28. The molecule has 2 aromatic carbocycles. The van der Waals surface area contributed by atoms with Gasteiger partial charge in [0.1, 0.15) is 0 Å². The largest absolute Gasteiger partial charge is 0.330 e. The molecule has 0 aliphatic carbocycles. The summed E-state index contributed by atoms with van der Waals surface area (Å²) in [4.78, 5) is 15.6. The van der Waals surface area contributed by atoms with Crippen LogP contribution in [0.25, 0.3) is 0 Å². The van der Waals surface area contributed by atoms with Crippen molar-refractivity contribution in [2.24, 2.45) is 0 Å². The minimum Gasteiger partial charge on any atom is -0.330 e. The van der Waals surface area contributed by atoms with Crippen LogP contribution in [0.5, 0.6) is 0 Å². The van der Waals surface area contributed by atoms with Crippen LogP contribution in [0.15, 0.2) is 48.5 Å². The molecule has 0 fully saturated rings. The lowest BCUT2D eigenvalue weighted by atomic mass is 10.2. The molecule has 0 bridgehead atoms. The van der Waals surface area contributed by atoms with Crippen molar-refractivity contribution >= 4 is 34.9 Å². The monoisotopic (exact) mass is 322 g/mol. The van der Waals surface area contributed by atoms with Crippen molar-refractivity contribution < 1.29 is 4.79 Å². The molecule has 21 heavy (non-hydrogen) atoms. The smallest absolute Gasteiger partial charge is 0.324 e. The van der Waals surface area contributed by atoms with Crippen LogP contribution >= 0.6 is 23.2 Å². The van der Waals surface area contributed by atoms with Gasteiger partial charge in [-0.05, 0) is 23.8 Å². The molecule has 0 atom stereocenters. The Morgan fingerprint density at radius 2 is 1.67 bits per heavy atom. The first kappa shape index (κ1) is 15.7. The Hall–Kier alpha value is -1.71. The van der Waals surface area contributed by atoms with Crippen LogP contribution in [0.4, 0.5) is 10.5 Å². The van der Waals surface area contributed by atoms with E-state index in [0.717, 1.165) is 5.56 Å². The molecular weight excluding hydrogens is 307 g/mol. The van der Waals surface area contributed by atoms with Crippen LogP contribution in [-0.2, 0) is 6.54 Å². The van der Waals surface area contributed by atoms with Gasteiger partial charge in [-0.3, -0.25) is 4.90 Å². The SMILES string of the molecule is CN(C)C(=O)N(Cc1ccccc1)c1ccc(Cl)c(Cl)c1. The molecule has 5 heteroatoms. The van der Waals surface area contributed by atoms with E-state index < -0.39 is 0 Å². The summed E-state index contributed by atoms with van der Waals surface area (Å²) in [5.41, 5.74) is 1.76. The molecule has 0 aliphatic heterocycles. The fourth-order valence-corrected chi connectivity index (χ4v) is 2.22. The van der Waals surface area contributed by atoms with Gasteiger partial charge >= 0.3 is 6.03 Å². The first-order valence-corrected chi connectivity index (χ1v) is 7.22. The molecule has 0 heterocycles. The van der Waals surface area contributed by atoms with Crippen LogP contribution in [-0.4, -0.2) is 25.0 Å². The maximum atomic E-state index is 12.4. The first-order chi connectivity index (χ1) is 9.99. The van der Waals surface area contributed by atoms with Gasteiger partial charge in [0.15, 0.2) is 0 Å². The zero-order chi connectivity index (χ0) is 15.4. The predicted molar refractivity (Wildman–Crippen MR) is 88.2 cm³/mol. The van der Waals surface area contributed by atoms with Gasteiger partial charge in [0.25, 0.3) is 0 Å². The molecule has 2 amide bonds. The highest BCUT2D eigenvalue weighted by Gasteiger charge is 2.18. The zero-order valence-corrected chi connectivity index (χ0v) is 13.4. The maximum absolute atomic E-state index is 12.4. The minimum absolute atomic E-state index is 0.114. The highest BCUT2D eigenvalue weighted by atomic mass is 35.5. The van der Waals surface area contributed by atoms with Crippen LogP contribution in [0.3, 0.4) is 0 Å². The topological polar surface area (TPSA) is 23.6 Å². The summed E-state index contributed by atoms with van der Waals surface area (Å²) < 4.78 is 0. The molecule has 2 rings (SSSR count). The number of amides is 2. The highest BCUT2D eigenvalue weighted by molar-refractivity contribution is 6.42. The predicted octanol–water partition coefficient (Wildman–Crippen LogP) is 4.68. The van der Waals surface area contributed by atoms with Crippen molar-refractivity contribution in [1.82, 2.24) is 4.90 Å². The average molecular weight is 323 g/mol. The van der Waals surface area contributed by atoms with Gasteiger partial charge < -0.3 is 4.90 Å². The standard InChI is InChI=1S/C16H16Cl2N2O/c1-19(2)16(21)20(11-12-6-4-3-5-7-12)13-8-9-14(17)15(18)10-13/h3-10H,11H2,1-2H3. The number of nitrogens with zero attached hydrogens (tertiary/aromatic N) is 2. The quantitative estimate of drug-likeness (QED) is 0.804. The molecule has 0 radical (unpaired) electrons. The van der Waals surface area contributed by atoms with E-state index in [1.54, 1.807) is 37.2 Å². The number of anilines is 1. The number of benzene rings is 2. The summed E-state index contributed by atoms with van der Waals surface area (Å²) in [7, 11) is 3.44. The number of halogens is 2. The van der Waals surface area contributed by atoms with Crippen molar-refractivity contribution in [3.8, 4) is 0 Å². The van der Waals surface area contributed by atoms with Gasteiger partial charge in [0.05, 0.1) is 16.6 Å². The number of rotatable bonds is 3. The van der Waals surface area contributed by atoms with E-state index in [1.807, 2.05) is 30.3 Å². The zero-order valence-electron chi connectivity index (χ0n) is 11.9. The third-order valence-electron chi connectivity index (χ3n) is 3.01. The Balaban J connectivity index is 2.36. The van der Waals surface area contributed by atoms with Gasteiger partial charge in [-0.25, -0.2) is 4.79 Å². The molecule has 0 saturated heterocycles. The Morgan fingerprint density at radius 1 is 1.00 bits per heavy atom. The maximum Gasteiger partial charge on any atom is 0.324 e. The number of hydrogen-bond donors (Lipinski definition) is 0. The van der Waals surface area contributed by atoms with Crippen LogP contribution in [0.2, 0.25) is 10.0 Å². The van der Waals surface area contributed by atoms with E-state index in [-0.39, 0.29) is 6.03 Å². The molecule has 0 spiro atoms. The minimum atomic E-state index is -0.114. The summed E-state index contributed by atoms with van der Waals surface area (Å²) >= 11 is 12.0. The Kier molecular flexibility index (Phi) is 5.10. The lowest BCUT2D eigenvalue weighted by Gasteiger charge is -2.26. The summed E-state index contributed by atoms with van der Waals surface area (Å²) in [6.45, 7) is 0.468. The molecular formula is C16H16Cl2N2O. The molecule has 0 N–H and O–H groups in total. The van der Waals surface area contributed by atoms with Crippen molar-refractivity contribution in [3.05, 3.63) is 64.1 Å². The molecule has 3 nitrogen and oxygen atoms in total. The van der Waals surface area contributed by atoms with Crippen molar-refractivity contribution in [2.45, 2.75) is 6.54 Å². The van der Waals surface area contributed by atoms with Gasteiger partial charge in [-0.2, -0.15) is 0 Å². The number of hydrogen-bond acceptors (Lipinski definition) is 1. The summed E-state index contributed by atoms with van der Waals surface area (Å²) in [6, 6.07) is 14.9. The van der Waals surface area contributed by atoms with Gasteiger partial charge in [0, 0.05) is 19.8 Å². The average Bonchev–Trinajstić information content (AvgIpc) is 2.48. The second-order valence-electron chi connectivity index (χ2n) is 4.85. The van der Waals surface area contributed by atoms with E-state index in [4.69, 9.17) is 23.2 Å². The molecule has 0 aromatic heterocycles. The van der Waals surface area contributed by atoms with E-state index in [2.05, 4.69) is 0 Å². The van der Waals surface area contributed by atoms with E-state index in [0.29, 0.717) is 22.3 Å². The number of carbonyl (C=O) groups is 1. The lowest BCUT2D eigenvalue weighted by Crippen LogP contribution is -2.38. The first-order valence-electron chi connectivity index (χ1n) is 6.47. The number of urea groups is 1. The lowest BCUT2D eigenvalue weighted by molar-refractivity contribution is 0.223. The molecule has 0 saturated carbocycles. The molecule has 110 valence electrons. The van der Waals surface area contributed by atoms with Gasteiger partial charge in [-0.15, -0.1) is 0 Å². The van der Waals surface area contributed by atoms with Gasteiger partial charge in [-0.1, -0.05) is 53.5 Å². The van der Waals surface area contributed by atoms with E-state index in [1.165, 1.54) is 4.90 Å². The second-order valence-corrected chi connectivity index (χ2v) is 5.66. The van der Waals surface area contributed by atoms with E-state index in [9.17, 15) is 4.79 Å². The third kappa shape index (κ3) is 3.90. The molecule has 2 aromatic rings. The van der Waals surface area contributed by atoms with Crippen molar-refractivity contribution in [2.75, 3.05) is 19.0 Å². The Labute approximate surface area is 134 Å². The van der Waals surface area contributed by atoms with Crippen molar-refractivity contribution in [3.63, 3.8) is 0 Å². The fraction of sp³-hybridized carbons (Fsp3) is 0.188. The summed E-state index contributed by atoms with van der Waals surface area (Å²) in [6.07, 6.45) is 0. The van der Waals surface area contributed by atoms with Crippen LogP contribution in [0, 0.1) is 0 Å². The number of carbonyl (C=O) groups excluding carboxylic acids is 1. The van der Waals surface area contributed by atoms with Crippen LogP contribution in [0.1, 0.15) is 5.56 Å². The van der Waals surface area contributed by atoms with E-state index >= 15 is 0 Å². The summed E-state index contributed by atoms with van der Waals surface area (Å²) in [5.74, 6) is 0.